The van der Waals surface area contributed by atoms with E-state index in [1.165, 1.54) is 12.1 Å². The van der Waals surface area contributed by atoms with Gasteiger partial charge in [-0.05, 0) is 61.5 Å². The fourth-order valence-electron chi connectivity index (χ4n) is 2.03. The summed E-state index contributed by atoms with van der Waals surface area (Å²) >= 11 is 5.16. The van der Waals surface area contributed by atoms with Gasteiger partial charge >= 0.3 is 5.69 Å². The Bertz CT molecular complexity index is 774. The molecule has 0 fully saturated rings. The highest BCUT2D eigenvalue weighted by Crippen LogP contribution is 2.13. The highest BCUT2D eigenvalue weighted by atomic mass is 32.1. The molecule has 2 rings (SSSR count). The van der Waals surface area contributed by atoms with Gasteiger partial charge in [-0.2, -0.15) is 5.10 Å². The maximum atomic E-state index is 10.7. The van der Waals surface area contributed by atoms with E-state index in [-0.39, 0.29) is 16.7 Å². The summed E-state index contributed by atoms with van der Waals surface area (Å²) < 4.78 is 5.60. The second-order valence-electron chi connectivity index (χ2n) is 5.73. The molecule has 0 aromatic heterocycles. The Morgan fingerprint density at radius 2 is 1.88 bits per heavy atom. The minimum atomic E-state index is -0.195. The van der Waals surface area contributed by atoms with Crippen molar-refractivity contribution in [1.82, 2.24) is 10.7 Å². The fraction of sp³-hybridized carbons (Fsp3) is 0.222. The Kier molecular flexibility index (Phi) is 7.04. The molecule has 2 aromatic carbocycles. The lowest BCUT2D eigenvalue weighted by molar-refractivity contribution is -0.729. The monoisotopic (exact) mass is 373 g/mol. The van der Waals surface area contributed by atoms with Gasteiger partial charge in [0.25, 0.3) is 4.92 Å². The first-order valence-electron chi connectivity index (χ1n) is 8.03. The van der Waals surface area contributed by atoms with Crippen LogP contribution in [0.25, 0.3) is 0 Å². The summed E-state index contributed by atoms with van der Waals surface area (Å²) in [5.41, 5.74) is 4.69. The van der Waals surface area contributed by atoms with Gasteiger partial charge in [-0.15, -0.1) is 0 Å². The van der Waals surface area contributed by atoms with Crippen LogP contribution in [0.1, 0.15) is 25.0 Å². The molecule has 0 spiro atoms. The van der Waals surface area contributed by atoms with E-state index in [4.69, 9.17) is 22.2 Å². The van der Waals surface area contributed by atoms with Gasteiger partial charge in [-0.3, -0.25) is 5.43 Å². The van der Waals surface area contributed by atoms with Gasteiger partial charge in [0, 0.05) is 18.7 Å². The number of hydrazone groups is 1. The second-order valence-corrected chi connectivity index (χ2v) is 6.14. The van der Waals surface area contributed by atoms with Gasteiger partial charge in [-0.25, -0.2) is 5.21 Å². The van der Waals surface area contributed by atoms with Crippen LogP contribution in [-0.4, -0.2) is 27.6 Å². The lowest BCUT2D eigenvalue weighted by Crippen LogP contribution is -2.31. The molecule has 7 nitrogen and oxygen atoms in total. The summed E-state index contributed by atoms with van der Waals surface area (Å²) in [6, 6.07) is 14.1. The molecule has 0 saturated carbocycles. The Hall–Kier alpha value is -3.00. The van der Waals surface area contributed by atoms with E-state index in [0.29, 0.717) is 11.7 Å². The zero-order valence-corrected chi connectivity index (χ0v) is 15.4. The number of hydrogen-bond donors (Lipinski definition) is 3. The smallest absolute Gasteiger partial charge is 0.316 e. The van der Waals surface area contributed by atoms with E-state index in [9.17, 15) is 4.91 Å². The molecule has 26 heavy (non-hydrogen) atoms. The highest BCUT2D eigenvalue weighted by molar-refractivity contribution is 7.80. The van der Waals surface area contributed by atoms with Crippen LogP contribution >= 0.6 is 12.2 Å². The zero-order valence-electron chi connectivity index (χ0n) is 14.5. The summed E-state index contributed by atoms with van der Waals surface area (Å²) in [6.07, 6.45) is 1.70. The number of hydrogen-bond acceptors (Lipinski definition) is 4. The fourth-order valence-corrected chi connectivity index (χ4v) is 2.16. The van der Waals surface area contributed by atoms with Crippen molar-refractivity contribution in [2.45, 2.75) is 26.5 Å². The van der Waals surface area contributed by atoms with Crippen LogP contribution in [0, 0.1) is 4.91 Å². The van der Waals surface area contributed by atoms with Gasteiger partial charge in [-0.1, -0.05) is 12.1 Å². The first kappa shape index (κ1) is 19.3. The molecule has 8 heteroatoms. The van der Waals surface area contributed by atoms with Gasteiger partial charge < -0.3 is 10.1 Å². The molecule has 0 atom stereocenters. The summed E-state index contributed by atoms with van der Waals surface area (Å²) in [6.45, 7) is 4.53. The molecule has 2 aromatic rings. The van der Waals surface area contributed by atoms with Crippen molar-refractivity contribution >= 4 is 29.2 Å². The first-order valence-corrected chi connectivity index (χ1v) is 8.43. The number of benzene rings is 2. The second kappa shape index (κ2) is 9.47. The predicted octanol–water partition coefficient (Wildman–Crippen LogP) is 3.27. The van der Waals surface area contributed by atoms with Crippen molar-refractivity contribution in [2.75, 3.05) is 0 Å². The maximum absolute atomic E-state index is 10.7. The molecular formula is C18H21N4O3S+. The third-order valence-electron chi connectivity index (χ3n) is 3.24. The van der Waals surface area contributed by atoms with Gasteiger partial charge in [0.05, 0.1) is 17.2 Å². The Labute approximate surface area is 157 Å². The molecule has 0 amide bonds. The molecule has 136 valence electrons. The molecule has 0 bridgehead atoms. The van der Waals surface area contributed by atoms with Crippen molar-refractivity contribution in [2.24, 2.45) is 5.10 Å². The Morgan fingerprint density at radius 1 is 1.23 bits per heavy atom. The first-order chi connectivity index (χ1) is 12.4. The topological polar surface area (TPSA) is 86.0 Å². The van der Waals surface area contributed by atoms with E-state index in [0.717, 1.165) is 16.9 Å². The summed E-state index contributed by atoms with van der Waals surface area (Å²) in [5, 5.41) is 16.2. The van der Waals surface area contributed by atoms with Crippen molar-refractivity contribution < 1.29 is 14.9 Å². The summed E-state index contributed by atoms with van der Waals surface area (Å²) in [7, 11) is 0. The maximum Gasteiger partial charge on any atom is 0.316 e. The van der Waals surface area contributed by atoms with E-state index in [1.54, 1.807) is 18.3 Å². The average molecular weight is 373 g/mol. The number of ether oxygens (including phenoxy) is 1. The standard InChI is InChI=1S/C18H20N4O3S/c1-13(2)25-17-9-5-14(6-10-17)11-19-18(26)21-20-12-15-3-7-16(8-4-15)22(23)24/h3-10,12-13H,11H2,1-2H3,(H2-,19,21,23,24,26)/p+1/b20-12+. The lowest BCUT2D eigenvalue weighted by Gasteiger charge is -2.11. The molecule has 0 saturated heterocycles. The van der Waals surface area contributed by atoms with Crippen LogP contribution in [0.4, 0.5) is 5.69 Å². The van der Waals surface area contributed by atoms with Gasteiger partial charge in [0.1, 0.15) is 5.75 Å². The third kappa shape index (κ3) is 6.48. The van der Waals surface area contributed by atoms with Gasteiger partial charge in [0.15, 0.2) is 5.11 Å². The largest absolute Gasteiger partial charge is 0.491 e. The minimum Gasteiger partial charge on any atom is -0.491 e. The third-order valence-corrected chi connectivity index (χ3v) is 3.48. The number of thiocarbonyl (C=S) groups is 1. The SMILES string of the molecule is CC(C)Oc1ccc(CNC(=S)N/N=C/c2ccc([N+](=O)O)cc2)cc1. The van der Waals surface area contributed by atoms with Crippen molar-refractivity contribution in [3.63, 3.8) is 0 Å². The number of rotatable bonds is 7. The molecule has 0 unspecified atom stereocenters. The lowest BCUT2D eigenvalue weighted by atomic mass is 10.2. The van der Waals surface area contributed by atoms with Crippen LogP contribution in [0.15, 0.2) is 53.6 Å². The number of nitrogens with one attached hydrogen (secondary N) is 2. The van der Waals surface area contributed by atoms with E-state index < -0.39 is 0 Å². The molecule has 0 heterocycles. The molecular weight excluding hydrogens is 352 g/mol. The van der Waals surface area contributed by atoms with Crippen LogP contribution in [-0.2, 0) is 6.54 Å². The molecule has 0 aliphatic heterocycles. The van der Waals surface area contributed by atoms with E-state index in [2.05, 4.69) is 15.8 Å². The quantitative estimate of drug-likeness (QED) is 0.392. The average Bonchev–Trinajstić information content (AvgIpc) is 2.61. The predicted molar refractivity (Wildman–Crippen MR) is 104 cm³/mol. The van der Waals surface area contributed by atoms with Crippen molar-refractivity contribution in [1.29, 1.82) is 0 Å². The Balaban J connectivity index is 1.77. The van der Waals surface area contributed by atoms with Crippen LogP contribution in [0.5, 0.6) is 5.75 Å². The molecule has 0 radical (unpaired) electrons. The van der Waals surface area contributed by atoms with E-state index in [1.807, 2.05) is 38.1 Å². The van der Waals surface area contributed by atoms with E-state index >= 15 is 0 Å². The zero-order chi connectivity index (χ0) is 18.9. The van der Waals surface area contributed by atoms with Gasteiger partial charge in [0.2, 0.25) is 0 Å². The highest BCUT2D eigenvalue weighted by Gasteiger charge is 2.08. The van der Waals surface area contributed by atoms with Crippen LogP contribution in [0.3, 0.4) is 0 Å². The minimum absolute atomic E-state index is 0.146. The summed E-state index contributed by atoms with van der Waals surface area (Å²) in [5.74, 6) is 0.835. The Morgan fingerprint density at radius 3 is 2.46 bits per heavy atom. The molecule has 3 N–H and O–H groups in total. The van der Waals surface area contributed by atoms with Crippen molar-refractivity contribution in [3.8, 4) is 5.75 Å². The van der Waals surface area contributed by atoms with Crippen LogP contribution in [0.2, 0.25) is 0 Å². The molecule has 0 aliphatic rings. The summed E-state index contributed by atoms with van der Waals surface area (Å²) in [4.78, 5) is 10.5. The molecule has 0 aliphatic carbocycles. The van der Waals surface area contributed by atoms with Crippen molar-refractivity contribution in [3.05, 3.63) is 64.6 Å². The van der Waals surface area contributed by atoms with Crippen LogP contribution < -0.4 is 15.5 Å². The number of nitrogens with zero attached hydrogens (tertiary/aromatic N) is 2. The normalized spacial score (nSPS) is 10.7.